The first-order valence-electron chi connectivity index (χ1n) is 5.56. The second kappa shape index (κ2) is 5.01. The summed E-state index contributed by atoms with van der Waals surface area (Å²) >= 11 is 0. The molecular formula is C11H18N2O2. The van der Waals surface area contributed by atoms with E-state index in [0.29, 0.717) is 13.2 Å². The van der Waals surface area contributed by atoms with Crippen LogP contribution in [-0.2, 0) is 4.74 Å². The number of nitriles is 1. The first-order valence-corrected chi connectivity index (χ1v) is 5.56. The van der Waals surface area contributed by atoms with Gasteiger partial charge in [0, 0.05) is 6.54 Å². The first-order chi connectivity index (χ1) is 7.20. The molecule has 0 aromatic heterocycles. The Balaban J connectivity index is 2.78. The Kier molecular flexibility index (Phi) is 3.96. The van der Waals surface area contributed by atoms with E-state index >= 15 is 0 Å². The van der Waals surface area contributed by atoms with Crippen LogP contribution in [0.25, 0.3) is 0 Å². The van der Waals surface area contributed by atoms with Crippen molar-refractivity contribution in [3.05, 3.63) is 0 Å². The van der Waals surface area contributed by atoms with Crippen LogP contribution in [-0.4, -0.2) is 29.7 Å². The second-order valence-corrected chi connectivity index (χ2v) is 3.85. The summed E-state index contributed by atoms with van der Waals surface area (Å²) in [6.45, 7) is 4.82. The van der Waals surface area contributed by atoms with Crippen molar-refractivity contribution in [2.45, 2.75) is 45.1 Å². The molecule has 0 saturated carbocycles. The fraction of sp³-hybridized carbons (Fsp3) is 0.818. The van der Waals surface area contributed by atoms with Crippen LogP contribution in [0.3, 0.4) is 0 Å². The highest BCUT2D eigenvalue weighted by molar-refractivity contribution is 5.70. The van der Waals surface area contributed by atoms with Gasteiger partial charge in [-0.2, -0.15) is 5.26 Å². The summed E-state index contributed by atoms with van der Waals surface area (Å²) in [4.78, 5) is 13.2. The van der Waals surface area contributed by atoms with Gasteiger partial charge in [0.25, 0.3) is 0 Å². The van der Waals surface area contributed by atoms with Crippen LogP contribution in [0.4, 0.5) is 4.79 Å². The molecule has 1 rings (SSSR count). The highest BCUT2D eigenvalue weighted by Crippen LogP contribution is 2.33. The van der Waals surface area contributed by atoms with Crippen molar-refractivity contribution in [2.75, 3.05) is 13.2 Å². The summed E-state index contributed by atoms with van der Waals surface area (Å²) < 4.78 is 4.97. The Morgan fingerprint density at radius 2 is 2.33 bits per heavy atom. The highest BCUT2D eigenvalue weighted by atomic mass is 16.6. The van der Waals surface area contributed by atoms with Gasteiger partial charge in [-0.25, -0.2) is 4.79 Å². The van der Waals surface area contributed by atoms with Crippen molar-refractivity contribution in [2.24, 2.45) is 0 Å². The first kappa shape index (κ1) is 11.8. The molecule has 0 N–H and O–H groups in total. The Bertz CT molecular complexity index is 272. The number of carbonyl (C=O) groups is 1. The zero-order valence-electron chi connectivity index (χ0n) is 9.45. The molecular weight excluding hydrogens is 192 g/mol. The van der Waals surface area contributed by atoms with Gasteiger partial charge < -0.3 is 4.74 Å². The molecule has 15 heavy (non-hydrogen) atoms. The van der Waals surface area contributed by atoms with Gasteiger partial charge in [-0.3, -0.25) is 4.90 Å². The fourth-order valence-corrected chi connectivity index (χ4v) is 2.19. The van der Waals surface area contributed by atoms with Gasteiger partial charge in [0.1, 0.15) is 5.54 Å². The summed E-state index contributed by atoms with van der Waals surface area (Å²) in [7, 11) is 0. The molecule has 0 aromatic rings. The molecule has 0 spiro atoms. The Hall–Kier alpha value is -1.24. The Labute approximate surface area is 90.8 Å². The fourth-order valence-electron chi connectivity index (χ4n) is 2.19. The normalized spacial score (nSPS) is 25.0. The molecule has 0 aromatic carbocycles. The van der Waals surface area contributed by atoms with Gasteiger partial charge in [0.2, 0.25) is 0 Å². The minimum Gasteiger partial charge on any atom is -0.450 e. The quantitative estimate of drug-likeness (QED) is 0.718. The number of amides is 1. The van der Waals surface area contributed by atoms with Crippen molar-refractivity contribution < 1.29 is 9.53 Å². The maximum Gasteiger partial charge on any atom is 0.411 e. The summed E-state index contributed by atoms with van der Waals surface area (Å²) in [5.41, 5.74) is -0.610. The zero-order chi connectivity index (χ0) is 11.3. The highest BCUT2D eigenvalue weighted by Gasteiger charge is 2.43. The minimum absolute atomic E-state index is 0.343. The van der Waals surface area contributed by atoms with Gasteiger partial charge in [0.15, 0.2) is 0 Å². The van der Waals surface area contributed by atoms with Crippen LogP contribution in [0.1, 0.15) is 39.5 Å². The van der Waals surface area contributed by atoms with E-state index < -0.39 is 5.54 Å². The molecule has 0 radical (unpaired) electrons. The average Bonchev–Trinajstić information content (AvgIpc) is 2.63. The third-order valence-corrected chi connectivity index (χ3v) is 2.85. The van der Waals surface area contributed by atoms with E-state index in [0.717, 1.165) is 25.7 Å². The van der Waals surface area contributed by atoms with Crippen molar-refractivity contribution in [1.82, 2.24) is 4.90 Å². The molecule has 1 saturated heterocycles. The number of likely N-dealkylation sites (tertiary alicyclic amines) is 1. The summed E-state index contributed by atoms with van der Waals surface area (Å²) in [5, 5.41) is 9.24. The molecule has 1 amide bonds. The number of hydrogen-bond donors (Lipinski definition) is 0. The molecule has 1 aliphatic heterocycles. The molecule has 1 aliphatic rings. The van der Waals surface area contributed by atoms with Crippen LogP contribution in [0.5, 0.6) is 0 Å². The number of carbonyl (C=O) groups excluding carboxylic acids is 1. The third-order valence-electron chi connectivity index (χ3n) is 2.85. The van der Waals surface area contributed by atoms with Gasteiger partial charge >= 0.3 is 6.09 Å². The van der Waals surface area contributed by atoms with Crippen LogP contribution in [0.2, 0.25) is 0 Å². The van der Waals surface area contributed by atoms with Crippen LogP contribution >= 0.6 is 0 Å². The lowest BCUT2D eigenvalue weighted by molar-refractivity contribution is 0.0866. The molecule has 1 heterocycles. The van der Waals surface area contributed by atoms with E-state index in [2.05, 4.69) is 6.07 Å². The molecule has 4 nitrogen and oxygen atoms in total. The van der Waals surface area contributed by atoms with E-state index in [-0.39, 0.29) is 6.09 Å². The predicted octanol–water partition coefficient (Wildman–Crippen LogP) is 2.30. The molecule has 0 aliphatic carbocycles. The largest absolute Gasteiger partial charge is 0.450 e. The molecule has 0 bridgehead atoms. The standard InChI is InChI=1S/C11H18N2O2/c1-3-6-11(9-12)7-5-8-13(11)10(14)15-4-2/h3-8H2,1-2H3. The minimum atomic E-state index is -0.610. The Morgan fingerprint density at radius 3 is 2.87 bits per heavy atom. The van der Waals surface area contributed by atoms with Crippen LogP contribution < -0.4 is 0 Å². The summed E-state index contributed by atoms with van der Waals surface area (Å²) in [5.74, 6) is 0. The van der Waals surface area contributed by atoms with E-state index in [1.807, 2.05) is 6.92 Å². The molecule has 4 heteroatoms. The summed E-state index contributed by atoms with van der Waals surface area (Å²) in [6.07, 6.45) is 2.97. The number of rotatable bonds is 3. The number of nitrogens with zero attached hydrogens (tertiary/aromatic N) is 2. The number of ether oxygens (including phenoxy) is 1. The smallest absolute Gasteiger partial charge is 0.411 e. The van der Waals surface area contributed by atoms with Crippen LogP contribution in [0.15, 0.2) is 0 Å². The van der Waals surface area contributed by atoms with Gasteiger partial charge in [-0.05, 0) is 26.2 Å². The van der Waals surface area contributed by atoms with E-state index in [1.54, 1.807) is 11.8 Å². The van der Waals surface area contributed by atoms with E-state index in [1.165, 1.54) is 0 Å². The van der Waals surface area contributed by atoms with Crippen molar-refractivity contribution in [3.63, 3.8) is 0 Å². The lowest BCUT2D eigenvalue weighted by Crippen LogP contribution is -2.46. The molecule has 1 atom stereocenters. The van der Waals surface area contributed by atoms with Crippen molar-refractivity contribution in [1.29, 1.82) is 5.26 Å². The van der Waals surface area contributed by atoms with Crippen molar-refractivity contribution in [3.8, 4) is 6.07 Å². The lowest BCUT2D eigenvalue weighted by Gasteiger charge is -2.31. The molecule has 1 unspecified atom stereocenters. The second-order valence-electron chi connectivity index (χ2n) is 3.85. The van der Waals surface area contributed by atoms with Gasteiger partial charge in [0.05, 0.1) is 12.7 Å². The number of hydrogen-bond acceptors (Lipinski definition) is 3. The van der Waals surface area contributed by atoms with E-state index in [4.69, 9.17) is 4.74 Å². The predicted molar refractivity (Wildman–Crippen MR) is 56.2 cm³/mol. The lowest BCUT2D eigenvalue weighted by atomic mass is 9.93. The topological polar surface area (TPSA) is 53.3 Å². The van der Waals surface area contributed by atoms with Crippen molar-refractivity contribution >= 4 is 6.09 Å². The van der Waals surface area contributed by atoms with Gasteiger partial charge in [-0.1, -0.05) is 13.3 Å². The summed E-state index contributed by atoms with van der Waals surface area (Å²) in [6, 6.07) is 2.29. The Morgan fingerprint density at radius 1 is 1.60 bits per heavy atom. The average molecular weight is 210 g/mol. The maximum absolute atomic E-state index is 11.6. The zero-order valence-corrected chi connectivity index (χ0v) is 9.45. The maximum atomic E-state index is 11.6. The molecule has 84 valence electrons. The monoisotopic (exact) mass is 210 g/mol. The van der Waals surface area contributed by atoms with Gasteiger partial charge in [-0.15, -0.1) is 0 Å². The van der Waals surface area contributed by atoms with Crippen LogP contribution in [0, 0.1) is 11.3 Å². The third kappa shape index (κ3) is 2.23. The SMILES string of the molecule is CCCC1(C#N)CCCN1C(=O)OCC. The van der Waals surface area contributed by atoms with E-state index in [9.17, 15) is 10.1 Å². The molecule has 1 fully saturated rings.